The minimum atomic E-state index is 0.00810. The van der Waals surface area contributed by atoms with Crippen LogP contribution in [0.2, 0.25) is 0 Å². The number of rotatable bonds is 0. The van der Waals surface area contributed by atoms with E-state index in [2.05, 4.69) is 20.9 Å². The Morgan fingerprint density at radius 1 is 1.50 bits per heavy atom. The number of hydrogen-bond donors (Lipinski definition) is 4. The molecule has 0 spiro atoms. The Morgan fingerprint density at radius 3 is 3.20 bits per heavy atom. The van der Waals surface area contributed by atoms with Crippen molar-refractivity contribution in [2.75, 3.05) is 6.67 Å². The van der Waals surface area contributed by atoms with Crippen LogP contribution in [0, 0.1) is 0 Å². The highest BCUT2D eigenvalue weighted by atomic mass is 15.3. The van der Waals surface area contributed by atoms with Gasteiger partial charge in [0.05, 0.1) is 18.5 Å². The molecule has 0 saturated carbocycles. The number of fused-ring (bicyclic) bond motifs is 1. The lowest BCUT2D eigenvalue weighted by atomic mass is 10.1. The van der Waals surface area contributed by atoms with Gasteiger partial charge in [0.15, 0.2) is 0 Å². The first-order valence-corrected chi connectivity index (χ1v) is 3.38. The molecule has 0 aliphatic carbocycles. The van der Waals surface area contributed by atoms with Gasteiger partial charge in [-0.1, -0.05) is 0 Å². The number of nitrogens with zero attached hydrogens (tertiary/aromatic N) is 1. The third-order valence-electron chi connectivity index (χ3n) is 1.88. The average molecular weight is 141 g/mol. The van der Waals surface area contributed by atoms with Gasteiger partial charge in [-0.15, -0.1) is 0 Å². The summed E-state index contributed by atoms with van der Waals surface area (Å²) in [4.78, 5) is 4.14. The minimum absolute atomic E-state index is 0.00810. The van der Waals surface area contributed by atoms with Crippen LogP contribution in [-0.2, 0) is 0 Å². The first kappa shape index (κ1) is 6.09. The van der Waals surface area contributed by atoms with Crippen molar-refractivity contribution in [3.05, 3.63) is 0 Å². The molecular formula is C5H11N5. The van der Waals surface area contributed by atoms with Gasteiger partial charge < -0.3 is 11.1 Å². The van der Waals surface area contributed by atoms with Crippen LogP contribution in [0.5, 0.6) is 0 Å². The first-order chi connectivity index (χ1) is 4.88. The highest BCUT2D eigenvalue weighted by molar-refractivity contribution is 5.58. The van der Waals surface area contributed by atoms with Crippen molar-refractivity contribution < 1.29 is 0 Å². The van der Waals surface area contributed by atoms with E-state index >= 15 is 0 Å². The Bertz CT molecular complexity index is 156. The van der Waals surface area contributed by atoms with Crippen molar-refractivity contribution in [3.8, 4) is 0 Å². The third kappa shape index (κ3) is 0.792. The average Bonchev–Trinajstić information content (AvgIpc) is 2.36. The smallest absolute Gasteiger partial charge is 0.125 e. The fraction of sp³-hybridized carbons (Fsp3) is 0.800. The molecule has 0 amide bonds. The van der Waals surface area contributed by atoms with Crippen molar-refractivity contribution in [2.24, 2.45) is 10.7 Å². The predicted molar refractivity (Wildman–Crippen MR) is 38.3 cm³/mol. The second-order valence-corrected chi connectivity index (χ2v) is 2.53. The molecular weight excluding hydrogens is 130 g/mol. The van der Waals surface area contributed by atoms with Crippen LogP contribution < -0.4 is 21.7 Å². The van der Waals surface area contributed by atoms with Crippen molar-refractivity contribution in [1.29, 1.82) is 0 Å². The van der Waals surface area contributed by atoms with Gasteiger partial charge in [0.2, 0.25) is 0 Å². The molecule has 2 aliphatic heterocycles. The second-order valence-electron chi connectivity index (χ2n) is 2.53. The molecule has 10 heavy (non-hydrogen) atoms. The fourth-order valence-electron chi connectivity index (χ4n) is 1.28. The molecule has 5 heteroatoms. The lowest BCUT2D eigenvalue weighted by Gasteiger charge is -2.31. The second kappa shape index (κ2) is 2.19. The normalized spacial score (nSPS) is 44.7. The summed E-state index contributed by atoms with van der Waals surface area (Å²) >= 11 is 0. The summed E-state index contributed by atoms with van der Waals surface area (Å²) in [5.41, 5.74) is 5.73. The maximum absolute atomic E-state index is 5.73. The van der Waals surface area contributed by atoms with Gasteiger partial charge in [-0.2, -0.15) is 0 Å². The summed E-state index contributed by atoms with van der Waals surface area (Å²) in [6.07, 6.45) is 1.87. The van der Waals surface area contributed by atoms with Crippen molar-refractivity contribution in [2.45, 2.75) is 18.4 Å². The standard InChI is InChI=1S/C5H11N5/c6-4-3-5(9-1-7-3)10-2-8-4/h1,3-5,8,10H,2,6H2,(H,7,9). The number of nitrogens with one attached hydrogen (secondary N) is 3. The molecule has 3 atom stereocenters. The topological polar surface area (TPSA) is 74.5 Å². The van der Waals surface area contributed by atoms with E-state index in [1.54, 1.807) is 6.34 Å². The zero-order chi connectivity index (χ0) is 6.97. The van der Waals surface area contributed by atoms with Gasteiger partial charge in [-0.05, 0) is 0 Å². The largest absolute Gasteiger partial charge is 0.367 e. The zero-order valence-electron chi connectivity index (χ0n) is 5.54. The molecule has 5 nitrogen and oxygen atoms in total. The van der Waals surface area contributed by atoms with Crippen LogP contribution in [-0.4, -0.2) is 31.4 Å². The summed E-state index contributed by atoms with van der Waals surface area (Å²) in [5.74, 6) is 0. The van der Waals surface area contributed by atoms with Crippen LogP contribution in [0.15, 0.2) is 4.99 Å². The first-order valence-electron chi connectivity index (χ1n) is 3.38. The molecule has 2 aliphatic rings. The van der Waals surface area contributed by atoms with Gasteiger partial charge in [0, 0.05) is 6.67 Å². The molecule has 3 unspecified atom stereocenters. The minimum Gasteiger partial charge on any atom is -0.367 e. The van der Waals surface area contributed by atoms with E-state index < -0.39 is 0 Å². The van der Waals surface area contributed by atoms with E-state index in [1.807, 2.05) is 0 Å². The fourth-order valence-corrected chi connectivity index (χ4v) is 1.28. The van der Waals surface area contributed by atoms with Crippen LogP contribution in [0.4, 0.5) is 0 Å². The summed E-state index contributed by atoms with van der Waals surface area (Å²) in [6, 6.07) is 0.216. The summed E-state index contributed by atoms with van der Waals surface area (Å²) < 4.78 is 0. The van der Waals surface area contributed by atoms with E-state index in [0.717, 1.165) is 6.67 Å². The SMILES string of the molecule is NC1NCNC2N=CNC12. The van der Waals surface area contributed by atoms with Crippen molar-refractivity contribution >= 4 is 6.34 Å². The van der Waals surface area contributed by atoms with Crippen LogP contribution >= 0.6 is 0 Å². The molecule has 0 aromatic heterocycles. The van der Waals surface area contributed by atoms with Crippen LogP contribution in [0.25, 0.3) is 0 Å². The predicted octanol–water partition coefficient (Wildman–Crippen LogP) is -2.25. The van der Waals surface area contributed by atoms with E-state index in [0.29, 0.717) is 0 Å². The molecule has 1 fully saturated rings. The Morgan fingerprint density at radius 2 is 2.40 bits per heavy atom. The Kier molecular flexibility index (Phi) is 1.33. The Labute approximate surface area is 59.1 Å². The van der Waals surface area contributed by atoms with Crippen LogP contribution in [0.3, 0.4) is 0 Å². The molecule has 2 rings (SSSR count). The maximum atomic E-state index is 5.73. The quantitative estimate of drug-likeness (QED) is 0.307. The molecule has 0 aromatic carbocycles. The highest BCUT2D eigenvalue weighted by Gasteiger charge is 2.31. The van der Waals surface area contributed by atoms with E-state index in [-0.39, 0.29) is 18.4 Å². The zero-order valence-corrected chi connectivity index (χ0v) is 5.54. The van der Waals surface area contributed by atoms with E-state index in [4.69, 9.17) is 5.73 Å². The van der Waals surface area contributed by atoms with Gasteiger partial charge in [0.1, 0.15) is 6.17 Å². The molecule has 0 radical (unpaired) electrons. The van der Waals surface area contributed by atoms with Gasteiger partial charge in [0.25, 0.3) is 0 Å². The Hall–Kier alpha value is -0.650. The maximum Gasteiger partial charge on any atom is 0.125 e. The van der Waals surface area contributed by atoms with Gasteiger partial charge in [-0.25, -0.2) is 0 Å². The molecule has 0 aromatic rings. The lowest BCUT2D eigenvalue weighted by Crippen LogP contribution is -2.65. The third-order valence-corrected chi connectivity index (χ3v) is 1.88. The number of nitrogens with two attached hydrogens (primary N) is 1. The molecule has 56 valence electrons. The highest BCUT2D eigenvalue weighted by Crippen LogP contribution is 2.04. The van der Waals surface area contributed by atoms with Crippen molar-refractivity contribution in [1.82, 2.24) is 16.0 Å². The Balaban J connectivity index is 2.07. The van der Waals surface area contributed by atoms with Gasteiger partial charge in [-0.3, -0.25) is 15.6 Å². The number of aliphatic imine (C=N–C) groups is 1. The molecule has 2 heterocycles. The van der Waals surface area contributed by atoms with Crippen molar-refractivity contribution in [3.63, 3.8) is 0 Å². The van der Waals surface area contributed by atoms with E-state index in [1.165, 1.54) is 0 Å². The summed E-state index contributed by atoms with van der Waals surface area (Å²) in [6.45, 7) is 0.737. The summed E-state index contributed by atoms with van der Waals surface area (Å²) in [7, 11) is 0. The molecule has 5 N–H and O–H groups in total. The van der Waals surface area contributed by atoms with Crippen LogP contribution in [0.1, 0.15) is 0 Å². The summed E-state index contributed by atoms with van der Waals surface area (Å²) in [5, 5.41) is 9.30. The lowest BCUT2D eigenvalue weighted by molar-refractivity contribution is 0.280. The monoisotopic (exact) mass is 141 g/mol. The molecule has 0 bridgehead atoms. The number of hydrogen-bond acceptors (Lipinski definition) is 5. The molecule has 1 saturated heterocycles. The van der Waals surface area contributed by atoms with E-state index in [9.17, 15) is 0 Å². The van der Waals surface area contributed by atoms with Gasteiger partial charge >= 0.3 is 0 Å².